The van der Waals surface area contributed by atoms with Crippen molar-refractivity contribution in [2.75, 3.05) is 0 Å². The third-order valence-corrected chi connectivity index (χ3v) is 3.44. The van der Waals surface area contributed by atoms with Crippen molar-refractivity contribution >= 4 is 21.9 Å². The number of halogens is 1. The highest BCUT2D eigenvalue weighted by Gasteiger charge is 2.15. The van der Waals surface area contributed by atoms with Gasteiger partial charge in [0.25, 0.3) is 0 Å². The quantitative estimate of drug-likeness (QED) is 0.880. The molecular weight excluding hydrogens is 322 g/mol. The minimum absolute atomic E-state index is 0.448. The van der Waals surface area contributed by atoms with E-state index in [4.69, 9.17) is 15.6 Å². The van der Waals surface area contributed by atoms with Gasteiger partial charge in [0.2, 0.25) is 0 Å². The second-order valence-electron chi connectivity index (χ2n) is 4.28. The Morgan fingerprint density at radius 3 is 2.55 bits per heavy atom. The molecule has 0 saturated carbocycles. The lowest BCUT2D eigenvalue weighted by molar-refractivity contribution is -0.138. The maximum Gasteiger partial charge on any atom is 0.325 e. The zero-order valence-corrected chi connectivity index (χ0v) is 12.2. The zero-order chi connectivity index (χ0) is 14.5. The van der Waals surface area contributed by atoms with E-state index in [0.717, 1.165) is 5.56 Å². The fourth-order valence-electron chi connectivity index (χ4n) is 1.71. The minimum Gasteiger partial charge on any atom is -0.488 e. The molecule has 0 aliphatic rings. The Bertz CT molecular complexity index is 601. The molecule has 2 rings (SSSR count). The van der Waals surface area contributed by atoms with Gasteiger partial charge in [0.15, 0.2) is 0 Å². The molecule has 3 N–H and O–H groups in total. The smallest absolute Gasteiger partial charge is 0.325 e. The molecule has 0 aliphatic carbocycles. The van der Waals surface area contributed by atoms with Crippen LogP contribution in [0.25, 0.3) is 0 Å². The highest BCUT2D eigenvalue weighted by Crippen LogP contribution is 2.28. The van der Waals surface area contributed by atoms with Crippen molar-refractivity contribution in [1.29, 1.82) is 0 Å². The van der Waals surface area contributed by atoms with E-state index in [1.165, 1.54) is 0 Å². The average Bonchev–Trinajstić information content (AvgIpc) is 2.46. The molecule has 4 nitrogen and oxygen atoms in total. The van der Waals surface area contributed by atoms with Gasteiger partial charge in [-0.2, -0.15) is 0 Å². The zero-order valence-electron chi connectivity index (χ0n) is 10.6. The molecule has 0 aliphatic heterocycles. The van der Waals surface area contributed by atoms with E-state index in [1.54, 1.807) is 18.2 Å². The van der Waals surface area contributed by atoms with Gasteiger partial charge in [-0.3, -0.25) is 4.79 Å². The van der Waals surface area contributed by atoms with Crippen LogP contribution in [0, 0.1) is 0 Å². The van der Waals surface area contributed by atoms with Gasteiger partial charge < -0.3 is 15.6 Å². The van der Waals surface area contributed by atoms with Crippen LogP contribution in [0.4, 0.5) is 0 Å². The van der Waals surface area contributed by atoms with E-state index in [2.05, 4.69) is 15.9 Å². The molecule has 2 aromatic rings. The summed E-state index contributed by atoms with van der Waals surface area (Å²) in [6.45, 7) is 0.448. The number of benzene rings is 2. The number of ether oxygens (including phenoxy) is 1. The van der Waals surface area contributed by atoms with Crippen molar-refractivity contribution in [3.63, 3.8) is 0 Å². The monoisotopic (exact) mass is 335 g/mol. The summed E-state index contributed by atoms with van der Waals surface area (Å²) in [5.41, 5.74) is 7.15. The molecule has 104 valence electrons. The van der Waals surface area contributed by atoms with Gasteiger partial charge in [-0.05, 0) is 39.2 Å². The lowest BCUT2D eigenvalue weighted by Crippen LogP contribution is -2.20. The summed E-state index contributed by atoms with van der Waals surface area (Å²) in [5.74, 6) is -0.412. The highest BCUT2D eigenvalue weighted by molar-refractivity contribution is 9.10. The van der Waals surface area contributed by atoms with E-state index >= 15 is 0 Å². The first kappa shape index (κ1) is 14.6. The molecule has 0 radical (unpaired) electrons. The van der Waals surface area contributed by atoms with Gasteiger partial charge >= 0.3 is 5.97 Å². The molecule has 0 bridgehead atoms. The first-order valence-electron chi connectivity index (χ1n) is 6.02. The van der Waals surface area contributed by atoms with E-state index < -0.39 is 12.0 Å². The maximum atomic E-state index is 10.8. The van der Waals surface area contributed by atoms with E-state index in [-0.39, 0.29) is 0 Å². The number of hydrogen-bond donors (Lipinski definition) is 2. The van der Waals surface area contributed by atoms with Crippen LogP contribution in [0.5, 0.6) is 5.75 Å². The number of carboxylic acid groups (broad SMARTS) is 1. The number of aliphatic carboxylic acids is 1. The van der Waals surface area contributed by atoms with Gasteiger partial charge in [-0.15, -0.1) is 0 Å². The van der Waals surface area contributed by atoms with Crippen LogP contribution in [0.1, 0.15) is 17.2 Å². The predicted molar refractivity (Wildman–Crippen MR) is 79.5 cm³/mol. The topological polar surface area (TPSA) is 72.6 Å². The Morgan fingerprint density at radius 2 is 1.95 bits per heavy atom. The molecule has 0 unspecified atom stereocenters. The summed E-state index contributed by atoms with van der Waals surface area (Å²) < 4.78 is 6.37. The van der Waals surface area contributed by atoms with Crippen molar-refractivity contribution < 1.29 is 14.6 Å². The fourth-order valence-corrected chi connectivity index (χ4v) is 2.22. The molecule has 0 amide bonds. The van der Waals surface area contributed by atoms with Crippen molar-refractivity contribution in [2.24, 2.45) is 5.73 Å². The fraction of sp³-hybridized carbons (Fsp3) is 0.133. The number of nitrogens with two attached hydrogens (primary N) is 1. The predicted octanol–water partition coefficient (Wildman–Crippen LogP) is 3.11. The van der Waals surface area contributed by atoms with Crippen LogP contribution < -0.4 is 10.5 Å². The standard InChI is InChI=1S/C15H14BrNO3/c16-12-8-11(14(17)15(18)19)6-7-13(12)20-9-10-4-2-1-3-5-10/h1-8,14H,9,17H2,(H,18,19)/t14-/m0/s1. The summed E-state index contributed by atoms with van der Waals surface area (Å²) >= 11 is 3.36. The third kappa shape index (κ3) is 3.59. The number of hydrogen-bond acceptors (Lipinski definition) is 3. The van der Waals surface area contributed by atoms with Crippen LogP contribution in [0.2, 0.25) is 0 Å². The van der Waals surface area contributed by atoms with Crippen molar-refractivity contribution in [3.8, 4) is 5.75 Å². The summed E-state index contributed by atoms with van der Waals surface area (Å²) in [6.07, 6.45) is 0. The van der Waals surface area contributed by atoms with Crippen LogP contribution >= 0.6 is 15.9 Å². The van der Waals surface area contributed by atoms with Gasteiger partial charge in [-0.25, -0.2) is 0 Å². The van der Waals surface area contributed by atoms with Crippen molar-refractivity contribution in [2.45, 2.75) is 12.6 Å². The lowest BCUT2D eigenvalue weighted by atomic mass is 10.1. The molecule has 2 aromatic carbocycles. The Morgan fingerprint density at radius 1 is 1.25 bits per heavy atom. The summed E-state index contributed by atoms with van der Waals surface area (Å²) in [6, 6.07) is 13.8. The first-order valence-corrected chi connectivity index (χ1v) is 6.82. The lowest BCUT2D eigenvalue weighted by Gasteiger charge is -2.11. The normalized spacial score (nSPS) is 11.9. The van der Waals surface area contributed by atoms with Gasteiger partial charge in [0, 0.05) is 0 Å². The van der Waals surface area contributed by atoms with Crippen molar-refractivity contribution in [3.05, 3.63) is 64.1 Å². The largest absolute Gasteiger partial charge is 0.488 e. The second kappa shape index (κ2) is 6.54. The van der Waals surface area contributed by atoms with Crippen LogP contribution in [0.3, 0.4) is 0 Å². The maximum absolute atomic E-state index is 10.8. The Balaban J connectivity index is 2.08. The Labute approximate surface area is 125 Å². The van der Waals surface area contributed by atoms with Crippen LogP contribution in [0.15, 0.2) is 53.0 Å². The molecule has 0 spiro atoms. The number of carbonyl (C=O) groups is 1. The Kier molecular flexibility index (Phi) is 4.76. The van der Waals surface area contributed by atoms with Crippen LogP contribution in [-0.2, 0) is 11.4 Å². The molecule has 0 aromatic heterocycles. The van der Waals surface area contributed by atoms with E-state index in [0.29, 0.717) is 22.4 Å². The first-order chi connectivity index (χ1) is 9.58. The number of rotatable bonds is 5. The molecule has 0 heterocycles. The van der Waals surface area contributed by atoms with Gasteiger partial charge in [0.1, 0.15) is 18.4 Å². The second-order valence-corrected chi connectivity index (χ2v) is 5.13. The van der Waals surface area contributed by atoms with Gasteiger partial charge in [-0.1, -0.05) is 36.4 Å². The molecule has 1 atom stereocenters. The average molecular weight is 336 g/mol. The number of carboxylic acids is 1. The Hall–Kier alpha value is -1.85. The minimum atomic E-state index is -1.06. The third-order valence-electron chi connectivity index (χ3n) is 2.82. The summed E-state index contributed by atoms with van der Waals surface area (Å²) in [4.78, 5) is 10.8. The van der Waals surface area contributed by atoms with Crippen LogP contribution in [-0.4, -0.2) is 11.1 Å². The molecule has 5 heteroatoms. The van der Waals surface area contributed by atoms with Crippen molar-refractivity contribution in [1.82, 2.24) is 0 Å². The van der Waals surface area contributed by atoms with E-state index in [1.807, 2.05) is 30.3 Å². The molecule has 0 saturated heterocycles. The molecule has 20 heavy (non-hydrogen) atoms. The summed E-state index contributed by atoms with van der Waals surface area (Å²) in [5, 5.41) is 8.88. The highest BCUT2D eigenvalue weighted by atomic mass is 79.9. The summed E-state index contributed by atoms with van der Waals surface area (Å²) in [7, 11) is 0. The van der Waals surface area contributed by atoms with Gasteiger partial charge in [0.05, 0.1) is 4.47 Å². The molecular formula is C15H14BrNO3. The molecule has 0 fully saturated rings. The SMILES string of the molecule is N[C@H](C(=O)O)c1ccc(OCc2ccccc2)c(Br)c1. The van der Waals surface area contributed by atoms with E-state index in [9.17, 15) is 4.79 Å².